The van der Waals surface area contributed by atoms with Crippen molar-refractivity contribution in [2.24, 2.45) is 70.5 Å². The molecule has 1 N–H and O–H groups in total. The molecule has 0 aromatic carbocycles. The van der Waals surface area contributed by atoms with E-state index < -0.39 is 29.3 Å². The minimum absolute atomic E-state index is 0. The zero-order valence-corrected chi connectivity index (χ0v) is 29.8. The van der Waals surface area contributed by atoms with Crippen LogP contribution in [0.5, 0.6) is 0 Å². The first kappa shape index (κ1) is 51.4. The Kier molecular flexibility index (Phi) is 18.1. The summed E-state index contributed by atoms with van der Waals surface area (Å²) < 4.78 is 22.6. The van der Waals surface area contributed by atoms with Crippen LogP contribution < -0.4 is 0 Å². The second kappa shape index (κ2) is 19.0. The Bertz CT molecular complexity index is 1300. The highest BCUT2D eigenvalue weighted by atomic mass is 16.6. The average molecular weight is 769 g/mol. The molecule has 1 heterocycles. The lowest BCUT2D eigenvalue weighted by Crippen LogP contribution is -2.40. The number of hydrogen-bond donors (Lipinski definition) is 1. The van der Waals surface area contributed by atoms with Crippen molar-refractivity contribution in [2.75, 3.05) is 0 Å². The van der Waals surface area contributed by atoms with Gasteiger partial charge in [0.15, 0.2) is 0 Å². The number of esters is 4. The number of fused-ring (bicyclic) bond motifs is 10. The number of hydrogen-bond acceptors (Lipinski definition) is 9. The van der Waals surface area contributed by atoms with E-state index in [4.69, 9.17) is 18.9 Å². The van der Waals surface area contributed by atoms with Gasteiger partial charge in [-0.2, -0.15) is 0 Å². The SMILES string of the molecule is C.C.C.C.C.C.CC(=O)OC(C)(C)C.CCC(CC(CC(C)(C)C(=O)O)C(=O)OC1CC2CC1C1C3CCC(C3)C21)C(=O)OC1C2CC3C(=O)OC1C3C2. The number of carboxylic acids is 1. The zero-order chi connectivity index (χ0) is 34.9. The molecule has 6 saturated carbocycles. The Morgan fingerprint density at radius 2 is 1.33 bits per heavy atom. The van der Waals surface area contributed by atoms with Crippen LogP contribution in [0.4, 0.5) is 0 Å². The average Bonchev–Trinajstić information content (AvgIpc) is 3.83. The van der Waals surface area contributed by atoms with Gasteiger partial charge in [0.1, 0.15) is 23.9 Å². The molecule has 0 aromatic rings. The summed E-state index contributed by atoms with van der Waals surface area (Å²) in [6, 6.07) is 0. The fraction of sp³-hybridized carbons (Fsp3) is 0.886. The van der Waals surface area contributed by atoms with Crippen LogP contribution in [-0.2, 0) is 42.9 Å². The molecule has 14 atom stereocenters. The Balaban J connectivity index is 0.00000182. The molecule has 0 spiro atoms. The normalized spacial score (nSPS) is 34.9. The first-order valence-corrected chi connectivity index (χ1v) is 18.5. The van der Waals surface area contributed by atoms with Gasteiger partial charge in [-0.15, -0.1) is 0 Å². The van der Waals surface area contributed by atoms with Crippen molar-refractivity contribution < 1.29 is 48.0 Å². The molecule has 0 amide bonds. The quantitative estimate of drug-likeness (QED) is 0.130. The third-order valence-corrected chi connectivity index (χ3v) is 13.1. The minimum atomic E-state index is -1.13. The fourth-order valence-corrected chi connectivity index (χ4v) is 11.4. The van der Waals surface area contributed by atoms with Crippen LogP contribution in [-0.4, -0.2) is 58.9 Å². The van der Waals surface area contributed by atoms with E-state index in [-0.39, 0.29) is 117 Å². The Morgan fingerprint density at radius 3 is 1.87 bits per heavy atom. The lowest BCUT2D eigenvalue weighted by Gasteiger charge is -2.39. The first-order valence-electron chi connectivity index (χ1n) is 18.5. The van der Waals surface area contributed by atoms with E-state index in [1.807, 2.05) is 27.7 Å². The summed E-state index contributed by atoms with van der Waals surface area (Å²) in [4.78, 5) is 61.6. The van der Waals surface area contributed by atoms with Crippen molar-refractivity contribution in [3.63, 3.8) is 0 Å². The van der Waals surface area contributed by atoms with Crippen LogP contribution in [0.2, 0.25) is 0 Å². The standard InChI is InChI=1S/C32H44O8.C6H12O2.6CH4/c1-4-14(28(33)39-26-18-10-20-21(11-18)30(35)40-27(20)26)7-19(13-32(2,3)31(36)37)29(34)38-23-12-17-9-22(23)25-16-6-5-15(8-16)24(17)25;1-5(7)8-6(2,3)4;;;;;;/h14-27H,4-13H2,1-3H3,(H,36,37);1-4H3;6*1H4. The molecular formula is C44H80O10. The maximum atomic E-state index is 13.8. The minimum Gasteiger partial charge on any atom is -0.481 e. The Hall–Kier alpha value is -2.65. The number of carboxylic acid groups (broad SMARTS) is 1. The van der Waals surface area contributed by atoms with Crippen molar-refractivity contribution in [3.8, 4) is 0 Å². The number of carbonyl (C=O) groups is 5. The van der Waals surface area contributed by atoms with Gasteiger partial charge in [0.25, 0.3) is 0 Å². The van der Waals surface area contributed by atoms with E-state index >= 15 is 0 Å². The predicted octanol–water partition coefficient (Wildman–Crippen LogP) is 9.79. The van der Waals surface area contributed by atoms with Gasteiger partial charge in [-0.1, -0.05) is 51.5 Å². The second-order valence-corrected chi connectivity index (χ2v) is 17.8. The smallest absolute Gasteiger partial charge is 0.309 e. The van der Waals surface area contributed by atoms with E-state index in [0.29, 0.717) is 30.6 Å². The first-order chi connectivity index (χ1) is 22.5. The van der Waals surface area contributed by atoms with Crippen LogP contribution in [0.15, 0.2) is 0 Å². The van der Waals surface area contributed by atoms with E-state index in [2.05, 4.69) is 0 Å². The topological polar surface area (TPSA) is 143 Å². The molecule has 14 unspecified atom stereocenters. The van der Waals surface area contributed by atoms with Crippen molar-refractivity contribution in [1.82, 2.24) is 0 Å². The Morgan fingerprint density at radius 1 is 0.759 bits per heavy atom. The van der Waals surface area contributed by atoms with Gasteiger partial charge < -0.3 is 24.1 Å². The molecule has 1 aliphatic heterocycles. The fourth-order valence-electron chi connectivity index (χ4n) is 11.4. The van der Waals surface area contributed by atoms with Crippen LogP contribution >= 0.6 is 0 Å². The molecule has 1 saturated heterocycles. The molecule has 10 nitrogen and oxygen atoms in total. The number of carbonyl (C=O) groups excluding carboxylic acids is 4. The van der Waals surface area contributed by atoms with Gasteiger partial charge in [0, 0.05) is 18.8 Å². The molecule has 7 rings (SSSR count). The third kappa shape index (κ3) is 9.83. The van der Waals surface area contributed by atoms with Crippen LogP contribution in [0.1, 0.15) is 157 Å². The molecule has 7 aliphatic rings. The van der Waals surface area contributed by atoms with Crippen LogP contribution in [0.3, 0.4) is 0 Å². The van der Waals surface area contributed by atoms with Gasteiger partial charge in [-0.3, -0.25) is 24.0 Å². The highest BCUT2D eigenvalue weighted by Gasteiger charge is 2.64. The second-order valence-electron chi connectivity index (χ2n) is 17.8. The third-order valence-electron chi connectivity index (χ3n) is 13.1. The summed E-state index contributed by atoms with van der Waals surface area (Å²) in [6.07, 6.45) is 7.62. The van der Waals surface area contributed by atoms with E-state index in [1.165, 1.54) is 26.2 Å². The van der Waals surface area contributed by atoms with E-state index in [9.17, 15) is 29.1 Å². The van der Waals surface area contributed by atoms with Crippen molar-refractivity contribution in [2.45, 2.75) is 181 Å². The molecule has 0 aromatic heterocycles. The summed E-state index contributed by atoms with van der Waals surface area (Å²) in [7, 11) is 0. The van der Waals surface area contributed by atoms with Gasteiger partial charge in [-0.05, 0) is 134 Å². The molecule has 316 valence electrons. The monoisotopic (exact) mass is 769 g/mol. The summed E-state index contributed by atoms with van der Waals surface area (Å²) >= 11 is 0. The highest BCUT2D eigenvalue weighted by Crippen LogP contribution is 2.68. The van der Waals surface area contributed by atoms with Crippen molar-refractivity contribution >= 4 is 29.8 Å². The zero-order valence-electron chi connectivity index (χ0n) is 29.8. The molecule has 6 aliphatic carbocycles. The maximum absolute atomic E-state index is 13.8. The number of rotatable bonds is 10. The molecule has 7 fully saturated rings. The van der Waals surface area contributed by atoms with E-state index in [1.54, 1.807) is 13.8 Å². The largest absolute Gasteiger partial charge is 0.481 e. The Labute approximate surface area is 328 Å². The van der Waals surface area contributed by atoms with Gasteiger partial charge >= 0.3 is 29.8 Å². The van der Waals surface area contributed by atoms with Crippen molar-refractivity contribution in [1.29, 1.82) is 0 Å². The maximum Gasteiger partial charge on any atom is 0.309 e. The van der Waals surface area contributed by atoms with E-state index in [0.717, 1.165) is 37.0 Å². The van der Waals surface area contributed by atoms with Gasteiger partial charge in [0.05, 0.1) is 23.2 Å². The number of ether oxygens (including phenoxy) is 4. The summed E-state index contributed by atoms with van der Waals surface area (Å²) in [5.74, 6) is 1.14. The van der Waals surface area contributed by atoms with Crippen LogP contribution in [0.25, 0.3) is 0 Å². The molecular weight excluding hydrogens is 688 g/mol. The summed E-state index contributed by atoms with van der Waals surface area (Å²) in [6.45, 7) is 12.1. The molecule has 54 heavy (non-hydrogen) atoms. The summed E-state index contributed by atoms with van der Waals surface area (Å²) in [5, 5.41) is 9.85. The lowest BCUT2D eigenvalue weighted by molar-refractivity contribution is -0.169. The summed E-state index contributed by atoms with van der Waals surface area (Å²) in [5.41, 5.74) is -1.46. The van der Waals surface area contributed by atoms with Crippen LogP contribution in [0, 0.1) is 70.5 Å². The molecule has 0 radical (unpaired) electrons. The van der Waals surface area contributed by atoms with Gasteiger partial charge in [-0.25, -0.2) is 0 Å². The van der Waals surface area contributed by atoms with Gasteiger partial charge in [0.2, 0.25) is 0 Å². The van der Waals surface area contributed by atoms with Crippen molar-refractivity contribution in [3.05, 3.63) is 0 Å². The number of aliphatic carboxylic acids is 1. The lowest BCUT2D eigenvalue weighted by atomic mass is 9.70. The molecule has 6 bridgehead atoms. The molecule has 10 heteroatoms. The predicted molar refractivity (Wildman–Crippen MR) is 213 cm³/mol. The highest BCUT2D eigenvalue weighted by molar-refractivity contribution is 5.79.